The zero-order valence-electron chi connectivity index (χ0n) is 11.2. The van der Waals surface area contributed by atoms with Gasteiger partial charge in [-0.3, -0.25) is 4.99 Å². The Balaban J connectivity index is 1.77. The third-order valence-corrected chi connectivity index (χ3v) is 3.49. The van der Waals surface area contributed by atoms with Gasteiger partial charge in [-0.2, -0.15) is 0 Å². The van der Waals surface area contributed by atoms with Crippen LogP contribution in [0.3, 0.4) is 0 Å². The van der Waals surface area contributed by atoms with Gasteiger partial charge in [-0.05, 0) is 52.1 Å². The molecule has 1 atom stereocenters. The van der Waals surface area contributed by atoms with Crippen LogP contribution >= 0.6 is 0 Å². The quantitative estimate of drug-likeness (QED) is 0.568. The molecule has 17 heavy (non-hydrogen) atoms. The first-order valence-electron chi connectivity index (χ1n) is 7.01. The van der Waals surface area contributed by atoms with E-state index in [-0.39, 0.29) is 0 Å². The van der Waals surface area contributed by atoms with Crippen LogP contribution in [0.2, 0.25) is 0 Å². The van der Waals surface area contributed by atoms with E-state index in [1.807, 2.05) is 0 Å². The molecule has 1 heterocycles. The van der Waals surface area contributed by atoms with Crippen LogP contribution in [0.1, 0.15) is 32.6 Å². The number of nitrogens with one attached hydrogen (secondary N) is 2. The van der Waals surface area contributed by atoms with E-state index in [2.05, 4.69) is 29.5 Å². The molecule has 0 aromatic carbocycles. The number of piperidine rings is 1. The van der Waals surface area contributed by atoms with E-state index >= 15 is 0 Å². The molecule has 0 amide bonds. The first kappa shape index (κ1) is 12.7. The number of hydrogen-bond donors (Lipinski definition) is 2. The van der Waals surface area contributed by atoms with Crippen LogP contribution in [-0.4, -0.2) is 50.1 Å². The molecule has 2 rings (SSSR count). The molecule has 1 aliphatic carbocycles. The number of nitrogens with zero attached hydrogens (tertiary/aromatic N) is 2. The highest BCUT2D eigenvalue weighted by atomic mass is 15.2. The summed E-state index contributed by atoms with van der Waals surface area (Å²) in [5, 5.41) is 6.80. The van der Waals surface area contributed by atoms with E-state index < -0.39 is 0 Å². The Kier molecular flexibility index (Phi) is 4.66. The summed E-state index contributed by atoms with van der Waals surface area (Å²) in [5.41, 5.74) is 0. The van der Waals surface area contributed by atoms with Crippen LogP contribution in [0.15, 0.2) is 4.99 Å². The largest absolute Gasteiger partial charge is 0.357 e. The van der Waals surface area contributed by atoms with Crippen molar-refractivity contribution in [1.29, 1.82) is 0 Å². The Labute approximate surface area is 105 Å². The van der Waals surface area contributed by atoms with Gasteiger partial charge in [0.2, 0.25) is 0 Å². The van der Waals surface area contributed by atoms with E-state index in [1.54, 1.807) is 0 Å². The minimum atomic E-state index is 0.682. The average molecular weight is 238 g/mol. The second-order valence-electron chi connectivity index (χ2n) is 5.41. The van der Waals surface area contributed by atoms with Crippen LogP contribution in [-0.2, 0) is 0 Å². The Morgan fingerprint density at radius 3 is 2.82 bits per heavy atom. The highest BCUT2D eigenvalue weighted by Gasteiger charge is 2.22. The van der Waals surface area contributed by atoms with Crippen LogP contribution in [0.4, 0.5) is 0 Å². The fourth-order valence-electron chi connectivity index (χ4n) is 2.38. The standard InChI is InChI=1S/C13H26N4/c1-3-14-13(16-12-6-7-12)15-9-11-5-4-8-17(2)10-11/h11-12H,3-10H2,1-2H3,(H2,14,15,16). The Morgan fingerprint density at radius 1 is 1.35 bits per heavy atom. The summed E-state index contributed by atoms with van der Waals surface area (Å²) in [5.74, 6) is 1.76. The lowest BCUT2D eigenvalue weighted by atomic mass is 9.99. The van der Waals surface area contributed by atoms with E-state index in [0.717, 1.165) is 25.0 Å². The lowest BCUT2D eigenvalue weighted by molar-refractivity contribution is 0.214. The van der Waals surface area contributed by atoms with Gasteiger partial charge in [0.25, 0.3) is 0 Å². The Bertz CT molecular complexity index is 260. The maximum absolute atomic E-state index is 4.72. The van der Waals surface area contributed by atoms with Gasteiger partial charge in [-0.25, -0.2) is 0 Å². The normalized spacial score (nSPS) is 26.9. The maximum Gasteiger partial charge on any atom is 0.191 e. The van der Waals surface area contributed by atoms with Gasteiger partial charge in [0, 0.05) is 25.7 Å². The molecule has 4 nitrogen and oxygen atoms in total. The average Bonchev–Trinajstić information content (AvgIpc) is 3.10. The molecule has 0 bridgehead atoms. The van der Waals surface area contributed by atoms with Gasteiger partial charge in [0.1, 0.15) is 0 Å². The van der Waals surface area contributed by atoms with Gasteiger partial charge in [-0.15, -0.1) is 0 Å². The van der Waals surface area contributed by atoms with Crippen molar-refractivity contribution in [3.63, 3.8) is 0 Å². The molecule has 0 aromatic heterocycles. The lowest BCUT2D eigenvalue weighted by Crippen LogP contribution is -2.39. The first-order chi connectivity index (χ1) is 8.28. The zero-order valence-corrected chi connectivity index (χ0v) is 11.2. The van der Waals surface area contributed by atoms with Crippen molar-refractivity contribution >= 4 is 5.96 Å². The fraction of sp³-hybridized carbons (Fsp3) is 0.923. The number of rotatable bonds is 4. The number of guanidine groups is 1. The van der Waals surface area contributed by atoms with Gasteiger partial charge in [-0.1, -0.05) is 0 Å². The molecule has 1 aliphatic heterocycles. The zero-order chi connectivity index (χ0) is 12.1. The third-order valence-electron chi connectivity index (χ3n) is 3.49. The molecule has 2 N–H and O–H groups in total. The molecule has 2 aliphatic rings. The smallest absolute Gasteiger partial charge is 0.191 e. The minimum absolute atomic E-state index is 0.682. The predicted octanol–water partition coefficient (Wildman–Crippen LogP) is 1.05. The molecule has 1 saturated carbocycles. The number of hydrogen-bond acceptors (Lipinski definition) is 2. The van der Waals surface area contributed by atoms with Gasteiger partial charge in [0.05, 0.1) is 0 Å². The van der Waals surface area contributed by atoms with Crippen LogP contribution in [0.5, 0.6) is 0 Å². The topological polar surface area (TPSA) is 39.7 Å². The lowest BCUT2D eigenvalue weighted by Gasteiger charge is -2.28. The van der Waals surface area contributed by atoms with Crippen molar-refractivity contribution in [2.45, 2.75) is 38.6 Å². The second kappa shape index (κ2) is 6.24. The van der Waals surface area contributed by atoms with Gasteiger partial charge < -0.3 is 15.5 Å². The van der Waals surface area contributed by atoms with Crippen LogP contribution in [0, 0.1) is 5.92 Å². The molecule has 1 unspecified atom stereocenters. The summed E-state index contributed by atoms with van der Waals surface area (Å²) in [6, 6.07) is 0.682. The summed E-state index contributed by atoms with van der Waals surface area (Å²) in [6.45, 7) is 6.49. The summed E-state index contributed by atoms with van der Waals surface area (Å²) in [6.07, 6.45) is 5.26. The maximum atomic E-state index is 4.72. The van der Waals surface area contributed by atoms with Crippen molar-refractivity contribution in [1.82, 2.24) is 15.5 Å². The van der Waals surface area contributed by atoms with Crippen molar-refractivity contribution in [3.8, 4) is 0 Å². The van der Waals surface area contributed by atoms with Crippen molar-refractivity contribution in [2.75, 3.05) is 33.2 Å². The highest BCUT2D eigenvalue weighted by Crippen LogP contribution is 2.18. The SMILES string of the molecule is CCNC(=NCC1CCCN(C)C1)NC1CC1. The molecule has 2 fully saturated rings. The molecule has 98 valence electrons. The molecule has 0 aromatic rings. The van der Waals surface area contributed by atoms with E-state index in [1.165, 1.54) is 38.8 Å². The molecule has 0 spiro atoms. The molecular formula is C13H26N4. The Hall–Kier alpha value is -0.770. The van der Waals surface area contributed by atoms with E-state index in [4.69, 9.17) is 4.99 Å². The molecule has 0 radical (unpaired) electrons. The van der Waals surface area contributed by atoms with Crippen molar-refractivity contribution in [2.24, 2.45) is 10.9 Å². The molecule has 4 heteroatoms. The van der Waals surface area contributed by atoms with Crippen LogP contribution < -0.4 is 10.6 Å². The van der Waals surface area contributed by atoms with E-state index in [9.17, 15) is 0 Å². The summed E-state index contributed by atoms with van der Waals surface area (Å²) < 4.78 is 0. The van der Waals surface area contributed by atoms with Crippen molar-refractivity contribution < 1.29 is 0 Å². The number of likely N-dealkylation sites (tertiary alicyclic amines) is 1. The van der Waals surface area contributed by atoms with Crippen molar-refractivity contribution in [3.05, 3.63) is 0 Å². The predicted molar refractivity (Wildman–Crippen MR) is 72.4 cm³/mol. The summed E-state index contributed by atoms with van der Waals surface area (Å²) in [4.78, 5) is 7.14. The minimum Gasteiger partial charge on any atom is -0.357 e. The monoisotopic (exact) mass is 238 g/mol. The van der Waals surface area contributed by atoms with Gasteiger partial charge in [0.15, 0.2) is 5.96 Å². The Morgan fingerprint density at radius 2 is 2.18 bits per heavy atom. The van der Waals surface area contributed by atoms with E-state index in [0.29, 0.717) is 6.04 Å². The first-order valence-corrected chi connectivity index (χ1v) is 7.01. The van der Waals surface area contributed by atoms with Crippen LogP contribution in [0.25, 0.3) is 0 Å². The third kappa shape index (κ3) is 4.54. The fourth-order valence-corrected chi connectivity index (χ4v) is 2.38. The highest BCUT2D eigenvalue weighted by molar-refractivity contribution is 5.80. The van der Waals surface area contributed by atoms with Gasteiger partial charge >= 0.3 is 0 Å². The molecule has 1 saturated heterocycles. The number of aliphatic imine (C=N–C) groups is 1. The molecular weight excluding hydrogens is 212 g/mol. The summed E-state index contributed by atoms with van der Waals surface area (Å²) in [7, 11) is 2.21. The summed E-state index contributed by atoms with van der Waals surface area (Å²) >= 11 is 0. The second-order valence-corrected chi connectivity index (χ2v) is 5.41.